The predicted molar refractivity (Wildman–Crippen MR) is 75.7 cm³/mol. The molecule has 0 radical (unpaired) electrons. The predicted octanol–water partition coefficient (Wildman–Crippen LogP) is 3.79. The lowest BCUT2D eigenvalue weighted by atomic mass is 9.81. The van der Waals surface area contributed by atoms with E-state index in [-0.39, 0.29) is 0 Å². The Morgan fingerprint density at radius 1 is 1.17 bits per heavy atom. The van der Waals surface area contributed by atoms with Gasteiger partial charge in [-0.15, -0.1) is 0 Å². The zero-order valence-corrected chi connectivity index (χ0v) is 12.2. The fraction of sp³-hybridized carbons (Fsp3) is 0.938. The molecule has 1 heterocycles. The van der Waals surface area contributed by atoms with Crippen molar-refractivity contribution in [3.8, 4) is 0 Å². The SMILES string of the molecule is CCC1CCCC(N2CCCCC2CC(C)=O)C1. The van der Waals surface area contributed by atoms with Crippen molar-refractivity contribution in [2.24, 2.45) is 5.92 Å². The van der Waals surface area contributed by atoms with Crippen molar-refractivity contribution in [1.82, 2.24) is 4.90 Å². The second-order valence-electron chi connectivity index (χ2n) is 6.39. The lowest BCUT2D eigenvalue weighted by Crippen LogP contribution is -2.48. The third-order valence-electron chi connectivity index (χ3n) is 5.00. The van der Waals surface area contributed by atoms with Gasteiger partial charge in [0.1, 0.15) is 5.78 Å². The van der Waals surface area contributed by atoms with Crippen molar-refractivity contribution in [2.45, 2.75) is 83.7 Å². The van der Waals surface area contributed by atoms with E-state index >= 15 is 0 Å². The van der Waals surface area contributed by atoms with E-state index in [1.807, 2.05) is 0 Å². The van der Waals surface area contributed by atoms with Crippen LogP contribution in [0.5, 0.6) is 0 Å². The normalized spacial score (nSPS) is 34.4. The van der Waals surface area contributed by atoms with Crippen LogP contribution >= 0.6 is 0 Å². The van der Waals surface area contributed by atoms with Crippen molar-refractivity contribution in [2.75, 3.05) is 6.54 Å². The third kappa shape index (κ3) is 3.57. The summed E-state index contributed by atoms with van der Waals surface area (Å²) in [4.78, 5) is 14.1. The quantitative estimate of drug-likeness (QED) is 0.757. The molecule has 0 bridgehead atoms. The molecule has 3 unspecified atom stereocenters. The second-order valence-corrected chi connectivity index (χ2v) is 6.39. The van der Waals surface area contributed by atoms with Crippen LogP contribution in [0.15, 0.2) is 0 Å². The van der Waals surface area contributed by atoms with E-state index in [1.54, 1.807) is 6.92 Å². The van der Waals surface area contributed by atoms with Gasteiger partial charge in [0.05, 0.1) is 0 Å². The van der Waals surface area contributed by atoms with E-state index in [4.69, 9.17) is 0 Å². The van der Waals surface area contributed by atoms with Gasteiger partial charge in [0.15, 0.2) is 0 Å². The molecule has 0 aromatic carbocycles. The monoisotopic (exact) mass is 251 g/mol. The second kappa shape index (κ2) is 6.70. The smallest absolute Gasteiger partial charge is 0.131 e. The molecule has 18 heavy (non-hydrogen) atoms. The van der Waals surface area contributed by atoms with Gasteiger partial charge in [-0.05, 0) is 45.1 Å². The van der Waals surface area contributed by atoms with Gasteiger partial charge >= 0.3 is 0 Å². The number of carbonyl (C=O) groups is 1. The first-order valence-corrected chi connectivity index (χ1v) is 7.96. The van der Waals surface area contributed by atoms with Gasteiger partial charge in [-0.1, -0.05) is 32.6 Å². The van der Waals surface area contributed by atoms with Crippen LogP contribution in [0.2, 0.25) is 0 Å². The van der Waals surface area contributed by atoms with Crippen molar-refractivity contribution in [3.05, 3.63) is 0 Å². The Morgan fingerprint density at radius 2 is 2.00 bits per heavy atom. The highest BCUT2D eigenvalue weighted by Gasteiger charge is 2.32. The largest absolute Gasteiger partial charge is 0.300 e. The molecule has 2 fully saturated rings. The number of hydrogen-bond donors (Lipinski definition) is 0. The maximum atomic E-state index is 11.4. The van der Waals surface area contributed by atoms with Gasteiger partial charge in [-0.2, -0.15) is 0 Å². The number of hydrogen-bond acceptors (Lipinski definition) is 2. The zero-order chi connectivity index (χ0) is 13.0. The highest BCUT2D eigenvalue weighted by molar-refractivity contribution is 5.76. The van der Waals surface area contributed by atoms with Crippen molar-refractivity contribution in [1.29, 1.82) is 0 Å². The van der Waals surface area contributed by atoms with Crippen LogP contribution in [0.3, 0.4) is 0 Å². The minimum Gasteiger partial charge on any atom is -0.300 e. The van der Waals surface area contributed by atoms with Gasteiger partial charge in [0, 0.05) is 18.5 Å². The number of piperidine rings is 1. The summed E-state index contributed by atoms with van der Waals surface area (Å²) in [6.45, 7) is 5.32. The topological polar surface area (TPSA) is 20.3 Å². The standard InChI is InChI=1S/C16H29NO/c1-3-14-7-6-9-16(12-14)17-10-5-4-8-15(17)11-13(2)18/h14-16H,3-12H2,1-2H3. The van der Waals surface area contributed by atoms with Crippen LogP contribution in [0.4, 0.5) is 0 Å². The molecule has 2 rings (SSSR count). The molecule has 2 aliphatic rings. The molecule has 0 aromatic heterocycles. The summed E-state index contributed by atoms with van der Waals surface area (Å²) in [5.74, 6) is 1.30. The highest BCUT2D eigenvalue weighted by atomic mass is 16.1. The number of likely N-dealkylation sites (tertiary alicyclic amines) is 1. The number of nitrogens with zero attached hydrogens (tertiary/aromatic N) is 1. The Labute approximate surface area is 112 Å². The molecule has 1 saturated carbocycles. The van der Waals surface area contributed by atoms with Crippen LogP contribution in [0.25, 0.3) is 0 Å². The highest BCUT2D eigenvalue weighted by Crippen LogP contribution is 2.33. The van der Waals surface area contributed by atoms with Gasteiger partial charge in [0.2, 0.25) is 0 Å². The minimum atomic E-state index is 0.370. The number of ketones is 1. The van der Waals surface area contributed by atoms with E-state index in [9.17, 15) is 4.79 Å². The molecule has 2 nitrogen and oxygen atoms in total. The van der Waals surface area contributed by atoms with Gasteiger partial charge in [0.25, 0.3) is 0 Å². The van der Waals surface area contributed by atoms with Crippen LogP contribution in [-0.4, -0.2) is 29.3 Å². The van der Waals surface area contributed by atoms with Crippen LogP contribution < -0.4 is 0 Å². The summed E-state index contributed by atoms with van der Waals surface area (Å²) in [5.41, 5.74) is 0. The fourth-order valence-electron chi connectivity index (χ4n) is 3.99. The maximum absolute atomic E-state index is 11.4. The van der Waals surface area contributed by atoms with Gasteiger partial charge < -0.3 is 0 Å². The first-order chi connectivity index (χ1) is 8.70. The zero-order valence-electron chi connectivity index (χ0n) is 12.2. The third-order valence-corrected chi connectivity index (χ3v) is 5.00. The molecule has 0 N–H and O–H groups in total. The Balaban J connectivity index is 1.96. The number of carbonyl (C=O) groups excluding carboxylic acids is 1. The summed E-state index contributed by atoms with van der Waals surface area (Å²) < 4.78 is 0. The molecule has 1 aliphatic heterocycles. The first-order valence-electron chi connectivity index (χ1n) is 7.96. The summed E-state index contributed by atoms with van der Waals surface area (Å²) in [6.07, 6.45) is 11.6. The van der Waals surface area contributed by atoms with E-state index in [2.05, 4.69) is 11.8 Å². The molecule has 1 saturated heterocycles. The van der Waals surface area contributed by atoms with E-state index in [0.29, 0.717) is 11.8 Å². The van der Waals surface area contributed by atoms with Crippen LogP contribution in [0, 0.1) is 5.92 Å². The molecular weight excluding hydrogens is 222 g/mol. The molecule has 104 valence electrons. The van der Waals surface area contributed by atoms with Crippen LogP contribution in [-0.2, 0) is 4.79 Å². The van der Waals surface area contributed by atoms with Crippen molar-refractivity contribution in [3.63, 3.8) is 0 Å². The summed E-state index contributed by atoms with van der Waals surface area (Å²) in [7, 11) is 0. The Hall–Kier alpha value is -0.370. The van der Waals surface area contributed by atoms with Gasteiger partial charge in [-0.3, -0.25) is 9.69 Å². The van der Waals surface area contributed by atoms with Gasteiger partial charge in [-0.25, -0.2) is 0 Å². The van der Waals surface area contributed by atoms with E-state index in [1.165, 1.54) is 57.9 Å². The molecule has 1 aliphatic carbocycles. The van der Waals surface area contributed by atoms with Crippen LogP contribution in [0.1, 0.15) is 71.6 Å². The molecule has 3 atom stereocenters. The average molecular weight is 251 g/mol. The average Bonchev–Trinajstić information content (AvgIpc) is 2.39. The van der Waals surface area contributed by atoms with E-state index < -0.39 is 0 Å². The molecule has 2 heteroatoms. The molecule has 0 amide bonds. The Bertz CT molecular complexity index is 276. The van der Waals surface area contributed by atoms with Crippen molar-refractivity contribution < 1.29 is 4.79 Å². The van der Waals surface area contributed by atoms with Crippen molar-refractivity contribution >= 4 is 5.78 Å². The van der Waals surface area contributed by atoms with E-state index in [0.717, 1.165) is 18.4 Å². The molecule has 0 spiro atoms. The lowest BCUT2D eigenvalue weighted by molar-refractivity contribution is -0.118. The minimum absolute atomic E-state index is 0.370. The fourth-order valence-corrected chi connectivity index (χ4v) is 3.99. The molecular formula is C16H29NO. The summed E-state index contributed by atoms with van der Waals surface area (Å²) in [6, 6.07) is 1.32. The summed E-state index contributed by atoms with van der Waals surface area (Å²) >= 11 is 0. The maximum Gasteiger partial charge on any atom is 0.131 e. The Kier molecular flexibility index (Phi) is 5.23. The molecule has 0 aromatic rings. The number of rotatable bonds is 4. The first kappa shape index (κ1) is 14.0. The number of Topliss-reactive ketones (excluding diaryl/α,β-unsaturated/α-hetero) is 1. The lowest BCUT2D eigenvalue weighted by Gasteiger charge is -2.44. The Morgan fingerprint density at radius 3 is 2.72 bits per heavy atom. The summed E-state index contributed by atoms with van der Waals surface area (Å²) in [5, 5.41) is 0.